The van der Waals surface area contributed by atoms with E-state index in [2.05, 4.69) is 15.0 Å². The lowest BCUT2D eigenvalue weighted by Gasteiger charge is -2.09. The number of aromatic nitrogens is 4. The Morgan fingerprint density at radius 3 is 3.24 bits per heavy atom. The van der Waals surface area contributed by atoms with Crippen LogP contribution in [0.3, 0.4) is 0 Å². The van der Waals surface area contributed by atoms with Crippen molar-refractivity contribution in [3.63, 3.8) is 0 Å². The van der Waals surface area contributed by atoms with Gasteiger partial charge in [-0.05, 0) is 6.42 Å². The first-order valence-corrected chi connectivity index (χ1v) is 5.42. The number of aromatic amines is 1. The minimum atomic E-state index is -0.244. The minimum absolute atomic E-state index is 0.0111. The molecule has 1 aliphatic rings. The number of aliphatic hydroxyl groups excluding tert-OH is 1. The molecule has 0 amide bonds. The van der Waals surface area contributed by atoms with Crippen molar-refractivity contribution >= 4 is 11.2 Å². The topological polar surface area (TPSA) is 93.0 Å². The first kappa shape index (κ1) is 10.4. The monoisotopic (exact) mass is 236 g/mol. The van der Waals surface area contributed by atoms with Crippen LogP contribution in [-0.4, -0.2) is 43.9 Å². The molecule has 2 aromatic heterocycles. The number of imidazole rings is 1. The summed E-state index contributed by atoms with van der Waals surface area (Å²) in [6.07, 6.45) is 3.53. The highest BCUT2D eigenvalue weighted by atomic mass is 16.5. The minimum Gasteiger partial charge on any atom is -0.394 e. The summed E-state index contributed by atoms with van der Waals surface area (Å²) in [5, 5.41) is 9.02. The fourth-order valence-electron chi connectivity index (χ4n) is 2.14. The summed E-state index contributed by atoms with van der Waals surface area (Å²) in [7, 11) is 0. The van der Waals surface area contributed by atoms with E-state index >= 15 is 0 Å². The molecule has 2 N–H and O–H groups in total. The zero-order valence-corrected chi connectivity index (χ0v) is 9.04. The van der Waals surface area contributed by atoms with Crippen LogP contribution in [0.2, 0.25) is 0 Å². The molecule has 17 heavy (non-hydrogen) atoms. The molecule has 90 valence electrons. The average molecular weight is 236 g/mol. The van der Waals surface area contributed by atoms with Crippen LogP contribution in [0.15, 0.2) is 17.4 Å². The number of hydrogen-bond acceptors (Lipinski definition) is 5. The highest BCUT2D eigenvalue weighted by molar-refractivity contribution is 5.68. The van der Waals surface area contributed by atoms with Crippen molar-refractivity contribution in [3.8, 4) is 0 Å². The Bertz CT molecular complexity index is 590. The summed E-state index contributed by atoms with van der Waals surface area (Å²) in [4.78, 5) is 22.1. The van der Waals surface area contributed by atoms with E-state index in [1.165, 1.54) is 6.33 Å². The van der Waals surface area contributed by atoms with Gasteiger partial charge in [0.1, 0.15) is 0 Å². The Morgan fingerprint density at radius 1 is 1.59 bits per heavy atom. The molecule has 0 radical (unpaired) electrons. The smallest absolute Gasteiger partial charge is 0.278 e. The maximum Gasteiger partial charge on any atom is 0.278 e. The zero-order chi connectivity index (χ0) is 11.8. The molecule has 2 aromatic rings. The molecule has 0 unspecified atom stereocenters. The summed E-state index contributed by atoms with van der Waals surface area (Å²) >= 11 is 0. The van der Waals surface area contributed by atoms with Gasteiger partial charge in [0.15, 0.2) is 11.2 Å². The van der Waals surface area contributed by atoms with Gasteiger partial charge in [-0.25, -0.2) is 9.97 Å². The van der Waals surface area contributed by atoms with Gasteiger partial charge in [0.05, 0.1) is 38.0 Å². The van der Waals surface area contributed by atoms with Crippen molar-refractivity contribution in [2.45, 2.75) is 18.6 Å². The van der Waals surface area contributed by atoms with E-state index in [1.54, 1.807) is 6.33 Å². The van der Waals surface area contributed by atoms with Gasteiger partial charge in [-0.3, -0.25) is 4.79 Å². The van der Waals surface area contributed by atoms with Gasteiger partial charge in [-0.2, -0.15) is 0 Å². The number of aliphatic hydroxyl groups is 1. The Morgan fingerprint density at radius 2 is 2.47 bits per heavy atom. The van der Waals surface area contributed by atoms with E-state index in [0.717, 1.165) is 0 Å². The van der Waals surface area contributed by atoms with Gasteiger partial charge < -0.3 is 19.4 Å². The van der Waals surface area contributed by atoms with E-state index < -0.39 is 0 Å². The lowest BCUT2D eigenvalue weighted by atomic mass is 10.2. The first-order valence-electron chi connectivity index (χ1n) is 5.42. The average Bonchev–Trinajstić information content (AvgIpc) is 2.94. The summed E-state index contributed by atoms with van der Waals surface area (Å²) in [6, 6.07) is 0.0754. The van der Waals surface area contributed by atoms with Crippen molar-refractivity contribution in [2.75, 3.05) is 13.2 Å². The number of nitrogens with zero attached hydrogens (tertiary/aromatic N) is 3. The van der Waals surface area contributed by atoms with Crippen LogP contribution in [0.1, 0.15) is 12.5 Å². The molecule has 0 saturated carbocycles. The standard InChI is InChI=1S/C10H12N4O3/c15-2-7-1-6(3-17-7)14-5-13-8-9(14)11-4-12-10(8)16/h4-7,15H,1-3H2,(H,11,12,16)/t6-,7-/m0/s1. The molecule has 0 aliphatic carbocycles. The first-order chi connectivity index (χ1) is 8.29. The number of hydrogen-bond donors (Lipinski definition) is 2. The molecule has 1 aliphatic heterocycles. The molecule has 2 atom stereocenters. The fraction of sp³-hybridized carbons (Fsp3) is 0.500. The Labute approximate surface area is 96.1 Å². The lowest BCUT2D eigenvalue weighted by molar-refractivity contribution is 0.0576. The Balaban J connectivity index is 2.02. The third-order valence-corrected chi connectivity index (χ3v) is 3.02. The second kappa shape index (κ2) is 3.94. The molecule has 0 spiro atoms. The molecule has 3 heterocycles. The van der Waals surface area contributed by atoms with Gasteiger partial charge in [0.2, 0.25) is 0 Å². The van der Waals surface area contributed by atoms with Gasteiger partial charge in [-0.1, -0.05) is 0 Å². The van der Waals surface area contributed by atoms with Crippen molar-refractivity contribution in [2.24, 2.45) is 0 Å². The number of rotatable bonds is 2. The van der Waals surface area contributed by atoms with Gasteiger partial charge in [0, 0.05) is 0 Å². The summed E-state index contributed by atoms with van der Waals surface area (Å²) < 4.78 is 7.24. The Hall–Kier alpha value is -1.73. The van der Waals surface area contributed by atoms with E-state index in [0.29, 0.717) is 24.2 Å². The SMILES string of the molecule is O=c1[nH]cnc2c1ncn2[C@@H]1CO[C@H](CO)C1. The predicted molar refractivity (Wildman–Crippen MR) is 58.6 cm³/mol. The quantitative estimate of drug-likeness (QED) is 0.729. The van der Waals surface area contributed by atoms with Crippen molar-refractivity contribution in [1.82, 2.24) is 19.5 Å². The van der Waals surface area contributed by atoms with Crippen LogP contribution < -0.4 is 5.56 Å². The van der Waals surface area contributed by atoms with Gasteiger partial charge >= 0.3 is 0 Å². The van der Waals surface area contributed by atoms with E-state index in [9.17, 15) is 4.79 Å². The highest BCUT2D eigenvalue weighted by Crippen LogP contribution is 2.25. The lowest BCUT2D eigenvalue weighted by Crippen LogP contribution is -2.12. The molecule has 3 rings (SSSR count). The van der Waals surface area contributed by atoms with E-state index in [1.807, 2.05) is 4.57 Å². The maximum absolute atomic E-state index is 11.5. The maximum atomic E-state index is 11.5. The van der Waals surface area contributed by atoms with E-state index in [4.69, 9.17) is 9.84 Å². The predicted octanol–water partition coefficient (Wildman–Crippen LogP) is -0.558. The molecule has 1 fully saturated rings. The van der Waals surface area contributed by atoms with Crippen LogP contribution in [0.25, 0.3) is 11.2 Å². The molecule has 0 bridgehead atoms. The number of nitrogens with one attached hydrogen (secondary N) is 1. The number of H-pyrrole nitrogens is 1. The third-order valence-electron chi connectivity index (χ3n) is 3.02. The Kier molecular flexibility index (Phi) is 2.41. The summed E-state index contributed by atoms with van der Waals surface area (Å²) in [6.45, 7) is 0.516. The molecule has 7 heteroatoms. The molecular formula is C10H12N4O3. The van der Waals surface area contributed by atoms with E-state index in [-0.39, 0.29) is 24.3 Å². The second-order valence-corrected chi connectivity index (χ2v) is 4.08. The van der Waals surface area contributed by atoms with Crippen molar-refractivity contribution in [3.05, 3.63) is 23.0 Å². The van der Waals surface area contributed by atoms with Crippen LogP contribution in [0.5, 0.6) is 0 Å². The summed E-state index contributed by atoms with van der Waals surface area (Å²) in [5.41, 5.74) is 0.646. The molecule has 0 aromatic carbocycles. The van der Waals surface area contributed by atoms with Crippen molar-refractivity contribution < 1.29 is 9.84 Å². The molecule has 7 nitrogen and oxygen atoms in total. The summed E-state index contributed by atoms with van der Waals surface area (Å²) in [5.74, 6) is 0. The van der Waals surface area contributed by atoms with Crippen LogP contribution >= 0.6 is 0 Å². The normalized spacial score (nSPS) is 24.5. The van der Waals surface area contributed by atoms with Crippen LogP contribution in [0, 0.1) is 0 Å². The fourth-order valence-corrected chi connectivity index (χ4v) is 2.14. The van der Waals surface area contributed by atoms with Crippen LogP contribution in [0.4, 0.5) is 0 Å². The van der Waals surface area contributed by atoms with Crippen molar-refractivity contribution in [1.29, 1.82) is 0 Å². The van der Waals surface area contributed by atoms with Crippen LogP contribution in [-0.2, 0) is 4.74 Å². The number of ether oxygens (including phenoxy) is 1. The number of fused-ring (bicyclic) bond motifs is 1. The zero-order valence-electron chi connectivity index (χ0n) is 9.04. The molecule has 1 saturated heterocycles. The van der Waals surface area contributed by atoms with Gasteiger partial charge in [-0.15, -0.1) is 0 Å². The molecular weight excluding hydrogens is 224 g/mol. The van der Waals surface area contributed by atoms with Gasteiger partial charge in [0.25, 0.3) is 5.56 Å². The second-order valence-electron chi connectivity index (χ2n) is 4.08. The third kappa shape index (κ3) is 1.63. The highest BCUT2D eigenvalue weighted by Gasteiger charge is 2.27. The largest absolute Gasteiger partial charge is 0.394 e.